The van der Waals surface area contributed by atoms with E-state index in [1.165, 1.54) is 0 Å². The summed E-state index contributed by atoms with van der Waals surface area (Å²) in [7, 11) is 0. The van der Waals surface area contributed by atoms with Crippen LogP contribution in [0.25, 0.3) is 10.9 Å². The minimum absolute atomic E-state index is 0.147. The molecule has 1 amide bonds. The number of aliphatic hydroxyl groups excluding tert-OH is 1. The van der Waals surface area contributed by atoms with Gasteiger partial charge in [-0.05, 0) is 12.1 Å². The lowest BCUT2D eigenvalue weighted by molar-refractivity contribution is -0.122. The third kappa shape index (κ3) is 2.51. The number of hydrogen-bond donors (Lipinski definition) is 2. The van der Waals surface area contributed by atoms with Crippen LogP contribution in [0, 0.1) is 0 Å². The van der Waals surface area contributed by atoms with Crippen LogP contribution in [-0.4, -0.2) is 39.2 Å². The van der Waals surface area contributed by atoms with Gasteiger partial charge in [0, 0.05) is 6.54 Å². The molecule has 0 bridgehead atoms. The number of aliphatic hydroxyl groups is 1. The van der Waals surface area contributed by atoms with E-state index in [1.54, 1.807) is 24.3 Å². The topological polar surface area (TPSA) is 97.1 Å². The highest BCUT2D eigenvalue weighted by molar-refractivity contribution is 5.78. The van der Waals surface area contributed by atoms with Crippen LogP contribution in [0.5, 0.6) is 0 Å². The standard InChI is InChI=1S/C11H12N4O3/c16-6-5-12-10(17)7-15-11(18)8-3-1-2-4-9(8)13-14-15/h1-4,16H,5-7H2,(H,12,17). The minimum Gasteiger partial charge on any atom is -0.395 e. The molecule has 2 aromatic rings. The Kier molecular flexibility index (Phi) is 3.63. The summed E-state index contributed by atoms with van der Waals surface area (Å²) in [5, 5.41) is 19.0. The van der Waals surface area contributed by atoms with Crippen LogP contribution in [-0.2, 0) is 11.3 Å². The maximum Gasteiger partial charge on any atom is 0.278 e. The molecule has 0 aliphatic rings. The summed E-state index contributed by atoms with van der Waals surface area (Å²) in [6, 6.07) is 6.80. The molecule has 7 nitrogen and oxygen atoms in total. The molecule has 18 heavy (non-hydrogen) atoms. The maximum atomic E-state index is 12.0. The Balaban J connectivity index is 2.27. The summed E-state index contributed by atoms with van der Waals surface area (Å²) < 4.78 is 0.995. The van der Waals surface area contributed by atoms with Crippen molar-refractivity contribution in [3.05, 3.63) is 34.6 Å². The summed E-state index contributed by atoms with van der Waals surface area (Å²) in [6.07, 6.45) is 0. The van der Waals surface area contributed by atoms with Crippen molar-refractivity contribution in [2.24, 2.45) is 0 Å². The van der Waals surface area contributed by atoms with E-state index in [-0.39, 0.29) is 25.3 Å². The van der Waals surface area contributed by atoms with Gasteiger partial charge in [0.2, 0.25) is 5.91 Å². The quantitative estimate of drug-likeness (QED) is 0.716. The molecule has 1 heterocycles. The molecule has 0 atom stereocenters. The fourth-order valence-corrected chi connectivity index (χ4v) is 1.51. The summed E-state index contributed by atoms with van der Waals surface area (Å²) >= 11 is 0. The van der Waals surface area contributed by atoms with E-state index in [4.69, 9.17) is 5.11 Å². The van der Waals surface area contributed by atoms with Gasteiger partial charge in [0.05, 0.1) is 12.0 Å². The minimum atomic E-state index is -0.393. The number of nitrogens with zero attached hydrogens (tertiary/aromatic N) is 3. The summed E-state index contributed by atoms with van der Waals surface area (Å²) in [6.45, 7) is -0.213. The van der Waals surface area contributed by atoms with Crippen LogP contribution < -0.4 is 10.9 Å². The first kappa shape index (κ1) is 12.2. The smallest absolute Gasteiger partial charge is 0.278 e. The van der Waals surface area contributed by atoms with Crippen LogP contribution in [0.1, 0.15) is 0 Å². The highest BCUT2D eigenvalue weighted by Gasteiger charge is 2.08. The number of aromatic nitrogens is 3. The first-order chi connectivity index (χ1) is 8.72. The van der Waals surface area contributed by atoms with Crippen molar-refractivity contribution >= 4 is 16.8 Å². The highest BCUT2D eigenvalue weighted by Crippen LogP contribution is 2.02. The van der Waals surface area contributed by atoms with Crippen molar-refractivity contribution in [2.45, 2.75) is 6.54 Å². The van der Waals surface area contributed by atoms with Crippen molar-refractivity contribution < 1.29 is 9.90 Å². The molecule has 1 aromatic heterocycles. The molecular formula is C11H12N4O3. The van der Waals surface area contributed by atoms with Crippen molar-refractivity contribution in [3.8, 4) is 0 Å². The molecule has 0 fully saturated rings. The van der Waals surface area contributed by atoms with E-state index >= 15 is 0 Å². The Bertz CT molecular complexity index is 623. The van der Waals surface area contributed by atoms with E-state index in [0.717, 1.165) is 4.68 Å². The van der Waals surface area contributed by atoms with Gasteiger partial charge in [0.25, 0.3) is 5.56 Å². The second-order valence-corrected chi connectivity index (χ2v) is 3.64. The number of benzene rings is 1. The molecule has 1 aromatic carbocycles. The van der Waals surface area contributed by atoms with E-state index in [0.29, 0.717) is 10.9 Å². The maximum absolute atomic E-state index is 12.0. The molecule has 0 aliphatic carbocycles. The lowest BCUT2D eigenvalue weighted by Crippen LogP contribution is -2.35. The summed E-state index contributed by atoms with van der Waals surface area (Å²) in [5.74, 6) is -0.393. The third-order valence-electron chi connectivity index (χ3n) is 2.36. The van der Waals surface area contributed by atoms with E-state index in [1.807, 2.05) is 0 Å². The molecule has 0 radical (unpaired) electrons. The van der Waals surface area contributed by atoms with Gasteiger partial charge in [0.1, 0.15) is 12.1 Å². The normalized spacial score (nSPS) is 10.5. The molecule has 94 valence electrons. The molecule has 2 N–H and O–H groups in total. The average molecular weight is 248 g/mol. The Morgan fingerprint density at radius 3 is 2.94 bits per heavy atom. The molecule has 2 rings (SSSR count). The van der Waals surface area contributed by atoms with Gasteiger partial charge in [-0.25, -0.2) is 4.68 Å². The van der Waals surface area contributed by atoms with Gasteiger partial charge >= 0.3 is 0 Å². The van der Waals surface area contributed by atoms with Crippen molar-refractivity contribution in [1.82, 2.24) is 20.3 Å². The second kappa shape index (κ2) is 5.37. The van der Waals surface area contributed by atoms with Crippen molar-refractivity contribution in [2.75, 3.05) is 13.2 Å². The molecule has 7 heteroatoms. The van der Waals surface area contributed by atoms with Gasteiger partial charge < -0.3 is 10.4 Å². The van der Waals surface area contributed by atoms with Gasteiger partial charge in [-0.3, -0.25) is 9.59 Å². The summed E-state index contributed by atoms with van der Waals surface area (Å²) in [4.78, 5) is 23.4. The van der Waals surface area contributed by atoms with Crippen LogP contribution in [0.4, 0.5) is 0 Å². The van der Waals surface area contributed by atoms with Crippen molar-refractivity contribution in [3.63, 3.8) is 0 Å². The van der Waals surface area contributed by atoms with Crippen LogP contribution in [0.3, 0.4) is 0 Å². The number of carbonyl (C=O) groups is 1. The molecule has 0 saturated carbocycles. The van der Waals surface area contributed by atoms with E-state index in [9.17, 15) is 9.59 Å². The number of amides is 1. The number of nitrogens with one attached hydrogen (secondary N) is 1. The molecular weight excluding hydrogens is 236 g/mol. The largest absolute Gasteiger partial charge is 0.395 e. The van der Waals surface area contributed by atoms with Crippen LogP contribution in [0.2, 0.25) is 0 Å². The van der Waals surface area contributed by atoms with Crippen molar-refractivity contribution in [1.29, 1.82) is 0 Å². The van der Waals surface area contributed by atoms with Gasteiger partial charge in [-0.15, -0.1) is 5.10 Å². The zero-order chi connectivity index (χ0) is 13.0. The molecule has 0 spiro atoms. The summed E-state index contributed by atoms with van der Waals surface area (Å²) in [5.41, 5.74) is 0.134. The number of hydrogen-bond acceptors (Lipinski definition) is 5. The number of carbonyl (C=O) groups excluding carboxylic acids is 1. The van der Waals surface area contributed by atoms with E-state index in [2.05, 4.69) is 15.6 Å². The fourth-order valence-electron chi connectivity index (χ4n) is 1.51. The van der Waals surface area contributed by atoms with Crippen LogP contribution in [0.15, 0.2) is 29.1 Å². The zero-order valence-electron chi connectivity index (χ0n) is 9.54. The third-order valence-corrected chi connectivity index (χ3v) is 2.36. The van der Waals surface area contributed by atoms with Gasteiger partial charge in [-0.2, -0.15) is 0 Å². The molecule has 0 saturated heterocycles. The Labute approximate surface area is 102 Å². The molecule has 0 aliphatic heterocycles. The Morgan fingerprint density at radius 2 is 2.17 bits per heavy atom. The first-order valence-corrected chi connectivity index (χ1v) is 5.42. The van der Waals surface area contributed by atoms with Crippen LogP contribution >= 0.6 is 0 Å². The number of fused-ring (bicyclic) bond motifs is 1. The number of rotatable bonds is 4. The van der Waals surface area contributed by atoms with Gasteiger partial charge in [0.15, 0.2) is 0 Å². The Hall–Kier alpha value is -2.28. The predicted molar refractivity (Wildman–Crippen MR) is 63.9 cm³/mol. The van der Waals surface area contributed by atoms with Gasteiger partial charge in [-0.1, -0.05) is 17.3 Å². The Morgan fingerprint density at radius 1 is 1.39 bits per heavy atom. The SMILES string of the molecule is O=C(Cn1nnc2ccccc2c1=O)NCCO. The first-order valence-electron chi connectivity index (χ1n) is 5.42. The lowest BCUT2D eigenvalue weighted by Gasteiger charge is -2.05. The zero-order valence-corrected chi connectivity index (χ0v) is 9.54. The monoisotopic (exact) mass is 248 g/mol. The van der Waals surface area contributed by atoms with E-state index < -0.39 is 5.91 Å². The predicted octanol–water partition coefficient (Wildman–Crippen LogP) is -1.10. The lowest BCUT2D eigenvalue weighted by atomic mass is 10.2. The molecule has 0 unspecified atom stereocenters. The fraction of sp³-hybridized carbons (Fsp3) is 0.273. The average Bonchev–Trinajstić information content (AvgIpc) is 2.40. The second-order valence-electron chi connectivity index (χ2n) is 3.64. The highest BCUT2D eigenvalue weighted by atomic mass is 16.3.